The third-order valence-electron chi connectivity index (χ3n) is 5.30. The number of nitrogens with zero attached hydrogens (tertiary/aromatic N) is 2. The van der Waals surface area contributed by atoms with Crippen molar-refractivity contribution in [1.82, 2.24) is 15.2 Å². The smallest absolute Gasteiger partial charge is 0.246 e. The lowest BCUT2D eigenvalue weighted by Gasteiger charge is -2.40. The monoisotopic (exact) mass is 317 g/mol. The minimum absolute atomic E-state index is 0.00133. The molecule has 6 heteroatoms. The highest BCUT2D eigenvalue weighted by atomic mass is 19.1. The number of fused-ring (bicyclic) bond motifs is 1. The van der Waals surface area contributed by atoms with Crippen molar-refractivity contribution in [2.75, 3.05) is 13.1 Å². The van der Waals surface area contributed by atoms with Crippen LogP contribution in [0.2, 0.25) is 0 Å². The Morgan fingerprint density at radius 3 is 2.78 bits per heavy atom. The molecule has 2 bridgehead atoms. The zero-order valence-electron chi connectivity index (χ0n) is 12.9. The fourth-order valence-corrected chi connectivity index (χ4v) is 3.81. The molecule has 1 aromatic heterocycles. The van der Waals surface area contributed by atoms with Gasteiger partial charge in [0.15, 0.2) is 0 Å². The van der Waals surface area contributed by atoms with Gasteiger partial charge in [0, 0.05) is 18.8 Å². The fraction of sp³-hybridized carbons (Fsp3) is 0.588. The van der Waals surface area contributed by atoms with Crippen molar-refractivity contribution in [3.63, 3.8) is 0 Å². The van der Waals surface area contributed by atoms with Crippen LogP contribution in [0.5, 0.6) is 0 Å². The Morgan fingerprint density at radius 2 is 2.13 bits per heavy atom. The summed E-state index contributed by atoms with van der Waals surface area (Å²) in [6, 6.07) is 2.82. The number of pyridine rings is 1. The Bertz CT molecular complexity index is 636. The van der Waals surface area contributed by atoms with E-state index in [-0.39, 0.29) is 18.2 Å². The summed E-state index contributed by atoms with van der Waals surface area (Å²) >= 11 is 0. The largest absolute Gasteiger partial charge is 0.354 e. The Hall–Kier alpha value is -1.98. The van der Waals surface area contributed by atoms with Crippen molar-refractivity contribution in [3.8, 4) is 0 Å². The van der Waals surface area contributed by atoms with Crippen molar-refractivity contribution in [2.45, 2.75) is 37.6 Å². The molecule has 0 unspecified atom stereocenters. The van der Waals surface area contributed by atoms with E-state index >= 15 is 0 Å². The number of carbonyl (C=O) groups excluding carboxylic acids is 2. The van der Waals surface area contributed by atoms with E-state index in [0.717, 1.165) is 25.6 Å². The maximum Gasteiger partial charge on any atom is 0.246 e. The summed E-state index contributed by atoms with van der Waals surface area (Å²) in [5, 5.41) is 3.02. The van der Waals surface area contributed by atoms with Gasteiger partial charge in [-0.05, 0) is 49.7 Å². The first-order valence-corrected chi connectivity index (χ1v) is 8.26. The second-order valence-corrected chi connectivity index (χ2v) is 7.11. The van der Waals surface area contributed by atoms with Crippen LogP contribution >= 0.6 is 0 Å². The highest BCUT2D eigenvalue weighted by Crippen LogP contribution is 2.50. The van der Waals surface area contributed by atoms with Gasteiger partial charge >= 0.3 is 0 Å². The minimum Gasteiger partial charge on any atom is -0.354 e. The van der Waals surface area contributed by atoms with Gasteiger partial charge in [0.25, 0.3) is 0 Å². The minimum atomic E-state index is -0.642. The maximum absolute atomic E-state index is 12.9. The van der Waals surface area contributed by atoms with Gasteiger partial charge in [0.1, 0.15) is 11.4 Å². The zero-order chi connectivity index (χ0) is 16.0. The number of hydrogen-bond donors (Lipinski definition) is 1. The molecule has 122 valence electrons. The summed E-state index contributed by atoms with van der Waals surface area (Å²) in [5.41, 5.74) is -0.106. The molecule has 1 N–H and O–H groups in total. The number of nitrogens with one attached hydrogen (secondary N) is 1. The molecule has 2 aliphatic heterocycles. The first-order valence-electron chi connectivity index (χ1n) is 8.26. The summed E-state index contributed by atoms with van der Waals surface area (Å²) in [7, 11) is 0. The predicted octanol–water partition coefficient (Wildman–Crippen LogP) is 1.28. The summed E-state index contributed by atoms with van der Waals surface area (Å²) in [4.78, 5) is 30.9. The number of rotatable bonds is 5. The van der Waals surface area contributed by atoms with Crippen LogP contribution < -0.4 is 5.32 Å². The van der Waals surface area contributed by atoms with Crippen LogP contribution in [0.15, 0.2) is 18.3 Å². The Kier molecular flexibility index (Phi) is 3.36. The van der Waals surface area contributed by atoms with Crippen LogP contribution in [0, 0.1) is 17.7 Å². The van der Waals surface area contributed by atoms with E-state index in [9.17, 15) is 14.0 Å². The summed E-state index contributed by atoms with van der Waals surface area (Å²) in [5.74, 6) is 0.553. The van der Waals surface area contributed by atoms with Crippen molar-refractivity contribution in [3.05, 3.63) is 29.8 Å². The van der Waals surface area contributed by atoms with Crippen molar-refractivity contribution in [2.24, 2.45) is 11.8 Å². The standard InChI is InChI=1S/C17H20FN3O2/c18-13-3-4-14(19-9-13)5-15(22)21-10-12-6-17(21,7-12)16(23)20-8-11-1-2-11/h3-4,9,11-12H,1-2,5-8,10H2,(H,20,23). The molecule has 4 fully saturated rings. The Labute approximate surface area is 134 Å². The van der Waals surface area contributed by atoms with Crippen LogP contribution in [0.3, 0.4) is 0 Å². The highest BCUT2D eigenvalue weighted by molar-refractivity contribution is 5.94. The summed E-state index contributed by atoms with van der Waals surface area (Å²) in [6.45, 7) is 1.38. The van der Waals surface area contributed by atoms with Gasteiger partial charge < -0.3 is 10.2 Å². The number of amides is 2. The van der Waals surface area contributed by atoms with Crippen molar-refractivity contribution >= 4 is 11.8 Å². The lowest BCUT2D eigenvalue weighted by molar-refractivity contribution is -0.145. The predicted molar refractivity (Wildman–Crippen MR) is 80.8 cm³/mol. The lowest BCUT2D eigenvalue weighted by Crippen LogP contribution is -2.59. The van der Waals surface area contributed by atoms with Gasteiger partial charge in [-0.3, -0.25) is 14.6 Å². The molecule has 2 saturated heterocycles. The Morgan fingerprint density at radius 1 is 1.35 bits per heavy atom. The van der Waals surface area contributed by atoms with E-state index in [0.29, 0.717) is 24.1 Å². The lowest BCUT2D eigenvalue weighted by atomic mass is 9.72. The fourth-order valence-electron chi connectivity index (χ4n) is 3.81. The molecule has 4 aliphatic rings. The van der Waals surface area contributed by atoms with Gasteiger partial charge in [0.2, 0.25) is 11.8 Å². The molecule has 0 atom stereocenters. The molecule has 2 amide bonds. The third-order valence-corrected chi connectivity index (χ3v) is 5.30. The van der Waals surface area contributed by atoms with E-state index < -0.39 is 11.4 Å². The molecule has 0 aromatic carbocycles. The maximum atomic E-state index is 12.9. The number of halogens is 1. The van der Waals surface area contributed by atoms with E-state index in [1.54, 1.807) is 4.90 Å². The SMILES string of the molecule is O=C(Cc1ccc(F)cn1)N1CC2CC1(C(=O)NCC1CC1)C2. The van der Waals surface area contributed by atoms with Crippen molar-refractivity contribution in [1.29, 1.82) is 0 Å². The molecular formula is C17H20FN3O2. The first-order chi connectivity index (χ1) is 11.1. The van der Waals surface area contributed by atoms with E-state index in [1.165, 1.54) is 25.0 Å². The summed E-state index contributed by atoms with van der Waals surface area (Å²) < 4.78 is 12.9. The third kappa shape index (κ3) is 2.60. The van der Waals surface area contributed by atoms with Gasteiger partial charge in [-0.2, -0.15) is 0 Å². The average Bonchev–Trinajstić information content (AvgIpc) is 3.14. The second kappa shape index (κ2) is 5.28. The van der Waals surface area contributed by atoms with E-state index in [1.807, 2.05) is 0 Å². The second-order valence-electron chi connectivity index (χ2n) is 7.11. The molecule has 3 heterocycles. The van der Waals surface area contributed by atoms with Crippen LogP contribution in [-0.2, 0) is 16.0 Å². The molecule has 5 nitrogen and oxygen atoms in total. The molecule has 23 heavy (non-hydrogen) atoms. The van der Waals surface area contributed by atoms with Gasteiger partial charge in [-0.25, -0.2) is 4.39 Å². The molecule has 0 radical (unpaired) electrons. The van der Waals surface area contributed by atoms with E-state index in [4.69, 9.17) is 0 Å². The van der Waals surface area contributed by atoms with Crippen LogP contribution in [-0.4, -0.2) is 40.3 Å². The molecule has 1 aromatic rings. The molecule has 0 spiro atoms. The number of hydrogen-bond acceptors (Lipinski definition) is 3. The van der Waals surface area contributed by atoms with Gasteiger partial charge in [0.05, 0.1) is 12.6 Å². The first kappa shape index (κ1) is 14.6. The summed E-state index contributed by atoms with van der Waals surface area (Å²) in [6.07, 6.45) is 5.15. The topological polar surface area (TPSA) is 62.3 Å². The van der Waals surface area contributed by atoms with Crippen LogP contribution in [0.4, 0.5) is 4.39 Å². The van der Waals surface area contributed by atoms with Crippen LogP contribution in [0.1, 0.15) is 31.4 Å². The highest BCUT2D eigenvalue weighted by Gasteiger charge is 2.62. The Balaban J connectivity index is 1.43. The average molecular weight is 317 g/mol. The van der Waals surface area contributed by atoms with Gasteiger partial charge in [-0.15, -0.1) is 0 Å². The molecule has 2 aliphatic carbocycles. The van der Waals surface area contributed by atoms with Gasteiger partial charge in [-0.1, -0.05) is 0 Å². The number of carbonyl (C=O) groups is 2. The zero-order valence-corrected chi connectivity index (χ0v) is 12.9. The van der Waals surface area contributed by atoms with Crippen LogP contribution in [0.25, 0.3) is 0 Å². The normalized spacial score (nSPS) is 28.4. The van der Waals surface area contributed by atoms with Crippen molar-refractivity contribution < 1.29 is 14.0 Å². The van der Waals surface area contributed by atoms with E-state index in [2.05, 4.69) is 10.3 Å². The number of aromatic nitrogens is 1. The molecule has 5 rings (SSSR count). The molecular weight excluding hydrogens is 297 g/mol. The quantitative estimate of drug-likeness (QED) is 0.890. The molecule has 2 saturated carbocycles.